The lowest BCUT2D eigenvalue weighted by molar-refractivity contribution is -0.145. The number of hydrogen-bond acceptors (Lipinski definition) is 6. The van der Waals surface area contributed by atoms with Gasteiger partial charge in [0.1, 0.15) is 12.2 Å². The molecule has 130 valence electrons. The molecule has 0 aromatic rings. The first-order chi connectivity index (χ1) is 10.4. The van der Waals surface area contributed by atoms with Crippen LogP contribution in [0.4, 0.5) is 0 Å². The molecule has 0 atom stereocenters. The summed E-state index contributed by atoms with van der Waals surface area (Å²) in [6, 6.07) is 0. The predicted molar refractivity (Wildman–Crippen MR) is 78.8 cm³/mol. The van der Waals surface area contributed by atoms with E-state index in [2.05, 4.69) is 11.3 Å². The first kappa shape index (κ1) is 25.0. The Bertz CT molecular complexity index is 447. The van der Waals surface area contributed by atoms with Gasteiger partial charge in [0.05, 0.1) is 6.61 Å². The summed E-state index contributed by atoms with van der Waals surface area (Å²) in [5.41, 5.74) is 0.176. The van der Waals surface area contributed by atoms with Gasteiger partial charge in [0.15, 0.2) is 0 Å². The van der Waals surface area contributed by atoms with Gasteiger partial charge < -0.3 is 20.1 Å². The van der Waals surface area contributed by atoms with E-state index in [1.54, 1.807) is 6.92 Å². The number of carbonyl (C=O) groups is 5. The molecule has 3 N–H and O–H groups in total. The molecule has 0 saturated heterocycles. The van der Waals surface area contributed by atoms with Crippen LogP contribution in [0.5, 0.6) is 0 Å². The molecule has 23 heavy (non-hydrogen) atoms. The van der Waals surface area contributed by atoms with Crippen molar-refractivity contribution < 1.29 is 44.0 Å². The van der Waals surface area contributed by atoms with Gasteiger partial charge in [-0.1, -0.05) is 6.58 Å². The number of ether oxygens (including phenoxy) is 1. The van der Waals surface area contributed by atoms with Crippen LogP contribution >= 0.6 is 0 Å². The third-order valence-electron chi connectivity index (χ3n) is 1.43. The van der Waals surface area contributed by atoms with Crippen molar-refractivity contribution in [2.45, 2.75) is 27.2 Å². The highest BCUT2D eigenvalue weighted by molar-refractivity contribution is 5.94. The van der Waals surface area contributed by atoms with Crippen molar-refractivity contribution in [3.05, 3.63) is 24.3 Å². The molecule has 9 heteroatoms. The zero-order valence-electron chi connectivity index (χ0n) is 13.1. The van der Waals surface area contributed by atoms with Gasteiger partial charge in [-0.15, -0.1) is 0 Å². The molecular formula is C14H20O9. The number of carboxylic acid groups (broad SMARTS) is 3. The molecule has 0 aliphatic rings. The average molecular weight is 332 g/mol. The third kappa shape index (κ3) is 32.5. The SMILES string of the molecule is C=C(C)C(=O)O.CCOC(=O)CC(C)=O.O=C(O)/C=C/C(=O)O. The second-order valence-electron chi connectivity index (χ2n) is 3.78. The first-order valence-corrected chi connectivity index (χ1v) is 6.11. The van der Waals surface area contributed by atoms with E-state index in [0.717, 1.165) is 0 Å². The summed E-state index contributed by atoms with van der Waals surface area (Å²) >= 11 is 0. The topological polar surface area (TPSA) is 155 Å². The van der Waals surface area contributed by atoms with Crippen molar-refractivity contribution in [2.75, 3.05) is 6.61 Å². The van der Waals surface area contributed by atoms with Crippen LogP contribution in [0.2, 0.25) is 0 Å². The van der Waals surface area contributed by atoms with Gasteiger partial charge in [-0.3, -0.25) is 9.59 Å². The quantitative estimate of drug-likeness (QED) is 0.365. The van der Waals surface area contributed by atoms with Crippen molar-refractivity contribution in [1.29, 1.82) is 0 Å². The van der Waals surface area contributed by atoms with Gasteiger partial charge in [-0.2, -0.15) is 0 Å². The minimum absolute atomic E-state index is 0.103. The molecule has 0 bridgehead atoms. The van der Waals surface area contributed by atoms with E-state index in [1.165, 1.54) is 13.8 Å². The lowest BCUT2D eigenvalue weighted by atomic mass is 10.3. The van der Waals surface area contributed by atoms with E-state index in [4.69, 9.17) is 15.3 Å². The van der Waals surface area contributed by atoms with Crippen molar-refractivity contribution in [1.82, 2.24) is 0 Å². The maximum atomic E-state index is 10.4. The Morgan fingerprint density at radius 2 is 1.30 bits per heavy atom. The fraction of sp³-hybridized carbons (Fsp3) is 0.357. The summed E-state index contributed by atoms with van der Waals surface area (Å²) in [7, 11) is 0. The second-order valence-corrected chi connectivity index (χ2v) is 3.78. The summed E-state index contributed by atoms with van der Waals surface area (Å²) in [5, 5.41) is 23.5. The Labute approximate surface area is 132 Å². The Balaban J connectivity index is -0.000000266. The van der Waals surface area contributed by atoms with E-state index in [1.807, 2.05) is 0 Å². The van der Waals surface area contributed by atoms with E-state index >= 15 is 0 Å². The molecule has 9 nitrogen and oxygen atoms in total. The fourth-order valence-electron chi connectivity index (χ4n) is 0.558. The summed E-state index contributed by atoms with van der Waals surface area (Å²) < 4.78 is 4.49. The number of rotatable bonds is 6. The molecule has 0 spiro atoms. The number of hydrogen-bond donors (Lipinski definition) is 3. The summed E-state index contributed by atoms with van der Waals surface area (Å²) in [6.07, 6.45) is 1.01. The van der Waals surface area contributed by atoms with Crippen LogP contribution in [-0.4, -0.2) is 51.6 Å². The van der Waals surface area contributed by atoms with Crippen LogP contribution in [0, 0.1) is 0 Å². The molecule has 0 aromatic carbocycles. The Kier molecular flexibility index (Phi) is 16.8. The number of carbonyl (C=O) groups excluding carboxylic acids is 2. The molecule has 0 aliphatic carbocycles. The number of esters is 1. The Hall–Kier alpha value is -2.97. The molecular weight excluding hydrogens is 312 g/mol. The molecule has 0 saturated carbocycles. The Morgan fingerprint density at radius 1 is 0.957 bits per heavy atom. The lowest BCUT2D eigenvalue weighted by Crippen LogP contribution is -2.07. The van der Waals surface area contributed by atoms with Gasteiger partial charge in [-0.25, -0.2) is 14.4 Å². The standard InChI is InChI=1S/C6H10O3.C4H4O4.C4H6O2/c1-3-9-6(8)4-5(2)7;5-3(6)1-2-4(7)8;1-3(2)4(5)6/h3-4H2,1-2H3;1-2H,(H,5,6)(H,7,8);1H2,2H3,(H,5,6)/b;2-1+;. The van der Waals surface area contributed by atoms with E-state index < -0.39 is 23.9 Å². The number of carboxylic acids is 3. The molecule has 0 fully saturated rings. The van der Waals surface area contributed by atoms with Crippen molar-refractivity contribution in [3.8, 4) is 0 Å². The number of aliphatic carboxylic acids is 3. The highest BCUT2D eigenvalue weighted by atomic mass is 16.5. The van der Waals surface area contributed by atoms with Crippen molar-refractivity contribution in [3.63, 3.8) is 0 Å². The number of ketones is 1. The minimum Gasteiger partial charge on any atom is -0.478 e. The molecule has 0 rings (SSSR count). The summed E-state index contributed by atoms with van der Waals surface area (Å²) in [4.78, 5) is 49.3. The molecule has 0 radical (unpaired) electrons. The highest BCUT2D eigenvalue weighted by Gasteiger charge is 2.03. The second kappa shape index (κ2) is 15.4. The van der Waals surface area contributed by atoms with Crippen molar-refractivity contribution in [2.24, 2.45) is 0 Å². The molecule has 0 aliphatic heterocycles. The van der Waals surface area contributed by atoms with Gasteiger partial charge in [0.2, 0.25) is 0 Å². The van der Waals surface area contributed by atoms with E-state index in [9.17, 15) is 24.0 Å². The van der Waals surface area contributed by atoms with E-state index in [-0.39, 0.29) is 17.8 Å². The monoisotopic (exact) mass is 332 g/mol. The van der Waals surface area contributed by atoms with Crippen LogP contribution in [0.15, 0.2) is 24.3 Å². The van der Waals surface area contributed by atoms with Crippen LogP contribution in [0.25, 0.3) is 0 Å². The van der Waals surface area contributed by atoms with Crippen LogP contribution in [0.3, 0.4) is 0 Å². The summed E-state index contributed by atoms with van der Waals surface area (Å²) in [6.45, 7) is 8.01. The largest absolute Gasteiger partial charge is 0.478 e. The Morgan fingerprint density at radius 3 is 1.48 bits per heavy atom. The summed E-state index contributed by atoms with van der Waals surface area (Å²) in [5.74, 6) is -4.05. The van der Waals surface area contributed by atoms with Gasteiger partial charge in [0.25, 0.3) is 0 Å². The lowest BCUT2D eigenvalue weighted by Gasteiger charge is -1.96. The normalized spacial score (nSPS) is 8.65. The minimum atomic E-state index is -1.26. The van der Waals surface area contributed by atoms with Gasteiger partial charge in [-0.05, 0) is 20.8 Å². The molecule has 0 amide bonds. The predicted octanol–water partition coefficient (Wildman–Crippen LogP) is 0.887. The fourth-order valence-corrected chi connectivity index (χ4v) is 0.558. The van der Waals surface area contributed by atoms with Crippen molar-refractivity contribution >= 4 is 29.7 Å². The molecule has 0 heterocycles. The maximum absolute atomic E-state index is 10.4. The molecule has 0 unspecified atom stereocenters. The third-order valence-corrected chi connectivity index (χ3v) is 1.43. The van der Waals surface area contributed by atoms with Gasteiger partial charge >= 0.3 is 23.9 Å². The number of Topliss-reactive ketones (excluding diaryl/α,β-unsaturated/α-hetero) is 1. The van der Waals surface area contributed by atoms with Crippen LogP contribution < -0.4 is 0 Å². The zero-order valence-corrected chi connectivity index (χ0v) is 13.1. The average Bonchev–Trinajstić information content (AvgIpc) is 2.37. The highest BCUT2D eigenvalue weighted by Crippen LogP contribution is 1.86. The maximum Gasteiger partial charge on any atom is 0.330 e. The first-order valence-electron chi connectivity index (χ1n) is 6.11. The smallest absolute Gasteiger partial charge is 0.330 e. The molecule has 0 aromatic heterocycles. The van der Waals surface area contributed by atoms with Crippen LogP contribution in [0.1, 0.15) is 27.2 Å². The van der Waals surface area contributed by atoms with E-state index in [0.29, 0.717) is 18.8 Å². The van der Waals surface area contributed by atoms with Gasteiger partial charge in [0, 0.05) is 17.7 Å². The zero-order chi connectivity index (χ0) is 19.0. The van der Waals surface area contributed by atoms with Crippen LogP contribution in [-0.2, 0) is 28.7 Å².